The first-order chi connectivity index (χ1) is 8.66. The highest BCUT2D eigenvalue weighted by atomic mass is 79.9. The van der Waals surface area contributed by atoms with E-state index in [1.807, 2.05) is 0 Å². The third-order valence-corrected chi connectivity index (χ3v) is 3.55. The van der Waals surface area contributed by atoms with Crippen molar-refractivity contribution in [2.24, 2.45) is 0 Å². The Kier molecular flexibility index (Phi) is 4.72. The SMILES string of the molecule is O=C(NC1CCCCNC1)c1cc(Br)ccc1F. The van der Waals surface area contributed by atoms with Gasteiger partial charge in [-0.15, -0.1) is 0 Å². The summed E-state index contributed by atoms with van der Waals surface area (Å²) in [5.74, 6) is -0.834. The smallest absolute Gasteiger partial charge is 0.254 e. The van der Waals surface area contributed by atoms with Crippen LogP contribution in [0.1, 0.15) is 29.6 Å². The predicted octanol–water partition coefficient (Wildman–Crippen LogP) is 2.46. The zero-order chi connectivity index (χ0) is 13.0. The molecule has 0 saturated carbocycles. The molecule has 1 saturated heterocycles. The summed E-state index contributed by atoms with van der Waals surface area (Å²) in [6, 6.07) is 4.47. The van der Waals surface area contributed by atoms with Crippen LogP contribution in [0.4, 0.5) is 4.39 Å². The van der Waals surface area contributed by atoms with Gasteiger partial charge >= 0.3 is 0 Å². The Hall–Kier alpha value is -0.940. The highest BCUT2D eigenvalue weighted by Gasteiger charge is 2.18. The Labute approximate surface area is 114 Å². The second-order valence-corrected chi connectivity index (χ2v) is 5.41. The number of amides is 1. The van der Waals surface area contributed by atoms with Crippen LogP contribution in [0.2, 0.25) is 0 Å². The molecule has 0 aromatic heterocycles. The van der Waals surface area contributed by atoms with Crippen molar-refractivity contribution in [2.45, 2.75) is 25.3 Å². The van der Waals surface area contributed by atoms with E-state index in [2.05, 4.69) is 26.6 Å². The van der Waals surface area contributed by atoms with Gasteiger partial charge in [-0.05, 0) is 37.6 Å². The summed E-state index contributed by atoms with van der Waals surface area (Å²) >= 11 is 3.24. The molecule has 0 radical (unpaired) electrons. The van der Waals surface area contributed by atoms with Crippen molar-refractivity contribution in [2.75, 3.05) is 13.1 Å². The van der Waals surface area contributed by atoms with Gasteiger partial charge in [0.05, 0.1) is 5.56 Å². The summed E-state index contributed by atoms with van der Waals surface area (Å²) in [6.07, 6.45) is 3.14. The fourth-order valence-corrected chi connectivity index (χ4v) is 2.44. The molecule has 0 aliphatic carbocycles. The van der Waals surface area contributed by atoms with E-state index in [9.17, 15) is 9.18 Å². The molecule has 5 heteroatoms. The predicted molar refractivity (Wildman–Crippen MR) is 72.1 cm³/mol. The molecule has 1 aliphatic heterocycles. The second-order valence-electron chi connectivity index (χ2n) is 4.49. The van der Waals surface area contributed by atoms with Gasteiger partial charge < -0.3 is 10.6 Å². The Morgan fingerprint density at radius 1 is 1.44 bits per heavy atom. The van der Waals surface area contributed by atoms with Crippen molar-refractivity contribution in [1.82, 2.24) is 10.6 Å². The Morgan fingerprint density at radius 2 is 2.28 bits per heavy atom. The standard InChI is InChI=1S/C13H16BrFN2O/c14-9-4-5-12(15)11(7-9)13(18)17-10-3-1-2-6-16-8-10/h4-5,7,10,16H,1-3,6,8H2,(H,17,18). The van der Waals surface area contributed by atoms with Crippen molar-refractivity contribution < 1.29 is 9.18 Å². The minimum absolute atomic E-state index is 0.0818. The van der Waals surface area contributed by atoms with E-state index >= 15 is 0 Å². The van der Waals surface area contributed by atoms with Gasteiger partial charge in [-0.2, -0.15) is 0 Å². The molecular formula is C13H16BrFN2O. The van der Waals surface area contributed by atoms with Crippen LogP contribution in [0.15, 0.2) is 22.7 Å². The van der Waals surface area contributed by atoms with Gasteiger partial charge in [0.2, 0.25) is 0 Å². The number of hydrogen-bond donors (Lipinski definition) is 2. The number of carbonyl (C=O) groups excluding carboxylic acids is 1. The van der Waals surface area contributed by atoms with Gasteiger partial charge in [0, 0.05) is 17.1 Å². The maximum atomic E-state index is 13.6. The summed E-state index contributed by atoms with van der Waals surface area (Å²) in [4.78, 5) is 12.0. The molecule has 98 valence electrons. The lowest BCUT2D eigenvalue weighted by atomic mass is 10.1. The van der Waals surface area contributed by atoms with Crippen molar-refractivity contribution in [3.8, 4) is 0 Å². The molecule has 18 heavy (non-hydrogen) atoms. The molecule has 0 spiro atoms. The summed E-state index contributed by atoms with van der Waals surface area (Å²) in [7, 11) is 0. The van der Waals surface area contributed by atoms with Crippen molar-refractivity contribution in [1.29, 1.82) is 0 Å². The Bertz CT molecular complexity index is 431. The average Bonchev–Trinajstić information content (AvgIpc) is 2.61. The maximum Gasteiger partial charge on any atom is 0.254 e. The van der Waals surface area contributed by atoms with E-state index in [1.165, 1.54) is 12.1 Å². The molecular weight excluding hydrogens is 299 g/mol. The molecule has 1 amide bonds. The van der Waals surface area contributed by atoms with Crippen molar-refractivity contribution in [3.05, 3.63) is 34.1 Å². The fourth-order valence-electron chi connectivity index (χ4n) is 2.08. The van der Waals surface area contributed by atoms with Gasteiger partial charge in [-0.25, -0.2) is 4.39 Å². The highest BCUT2D eigenvalue weighted by Crippen LogP contribution is 2.16. The number of halogens is 2. The zero-order valence-electron chi connectivity index (χ0n) is 10.0. The number of benzene rings is 1. The zero-order valence-corrected chi connectivity index (χ0v) is 11.6. The van der Waals surface area contributed by atoms with E-state index in [4.69, 9.17) is 0 Å². The third kappa shape index (κ3) is 3.53. The number of nitrogens with one attached hydrogen (secondary N) is 2. The minimum Gasteiger partial charge on any atom is -0.348 e. The molecule has 1 unspecified atom stereocenters. The molecule has 2 rings (SSSR count). The van der Waals surface area contributed by atoms with Crippen molar-refractivity contribution in [3.63, 3.8) is 0 Å². The fraction of sp³-hybridized carbons (Fsp3) is 0.462. The lowest BCUT2D eigenvalue weighted by Crippen LogP contribution is -2.41. The molecule has 1 heterocycles. The molecule has 3 nitrogen and oxygen atoms in total. The first kappa shape index (κ1) is 13.5. The van der Waals surface area contributed by atoms with E-state index in [0.717, 1.165) is 32.4 Å². The van der Waals surface area contributed by atoms with E-state index < -0.39 is 5.82 Å². The Balaban J connectivity index is 2.04. The largest absolute Gasteiger partial charge is 0.348 e. The van der Waals surface area contributed by atoms with Gasteiger partial charge in [0.15, 0.2) is 0 Å². The molecule has 1 aromatic carbocycles. The average molecular weight is 315 g/mol. The van der Waals surface area contributed by atoms with Gasteiger partial charge in [0.25, 0.3) is 5.91 Å². The summed E-state index contributed by atoms with van der Waals surface area (Å²) in [5, 5.41) is 6.14. The van der Waals surface area contributed by atoms with Crippen LogP contribution in [0, 0.1) is 5.82 Å². The van der Waals surface area contributed by atoms with Crippen LogP contribution in [0.3, 0.4) is 0 Å². The minimum atomic E-state index is -0.489. The molecule has 1 atom stereocenters. The first-order valence-corrected chi connectivity index (χ1v) is 6.93. The highest BCUT2D eigenvalue weighted by molar-refractivity contribution is 9.10. The second kappa shape index (κ2) is 6.29. The normalized spacial score (nSPS) is 20.2. The van der Waals surface area contributed by atoms with Crippen LogP contribution in [0.25, 0.3) is 0 Å². The van der Waals surface area contributed by atoms with Crippen LogP contribution in [-0.4, -0.2) is 25.0 Å². The molecule has 1 aliphatic rings. The topological polar surface area (TPSA) is 41.1 Å². The Morgan fingerprint density at radius 3 is 3.11 bits per heavy atom. The van der Waals surface area contributed by atoms with Crippen LogP contribution in [-0.2, 0) is 0 Å². The summed E-state index contributed by atoms with van der Waals surface area (Å²) in [5.41, 5.74) is 0.0913. The number of carbonyl (C=O) groups is 1. The van der Waals surface area contributed by atoms with E-state index in [-0.39, 0.29) is 17.5 Å². The molecule has 2 N–H and O–H groups in total. The number of hydrogen-bond acceptors (Lipinski definition) is 2. The van der Waals surface area contributed by atoms with Gasteiger partial charge in [-0.3, -0.25) is 4.79 Å². The van der Waals surface area contributed by atoms with Gasteiger partial charge in [-0.1, -0.05) is 22.4 Å². The van der Waals surface area contributed by atoms with E-state index in [0.29, 0.717) is 4.47 Å². The first-order valence-electron chi connectivity index (χ1n) is 6.13. The lowest BCUT2D eigenvalue weighted by Gasteiger charge is -2.16. The van der Waals surface area contributed by atoms with Crippen LogP contribution >= 0.6 is 15.9 Å². The van der Waals surface area contributed by atoms with Crippen LogP contribution < -0.4 is 10.6 Å². The van der Waals surface area contributed by atoms with Crippen LogP contribution in [0.5, 0.6) is 0 Å². The quantitative estimate of drug-likeness (QED) is 0.880. The molecule has 1 fully saturated rings. The van der Waals surface area contributed by atoms with Crippen molar-refractivity contribution >= 4 is 21.8 Å². The summed E-state index contributed by atoms with van der Waals surface area (Å²) < 4.78 is 14.3. The van der Waals surface area contributed by atoms with E-state index in [1.54, 1.807) is 6.07 Å². The molecule has 0 bridgehead atoms. The lowest BCUT2D eigenvalue weighted by molar-refractivity contribution is 0.0931. The monoisotopic (exact) mass is 314 g/mol. The maximum absolute atomic E-state index is 13.6. The molecule has 1 aromatic rings. The number of rotatable bonds is 2. The summed E-state index contributed by atoms with van der Waals surface area (Å²) in [6.45, 7) is 1.74. The van der Waals surface area contributed by atoms with Gasteiger partial charge in [0.1, 0.15) is 5.82 Å². The third-order valence-electron chi connectivity index (χ3n) is 3.06.